The van der Waals surface area contributed by atoms with Crippen molar-refractivity contribution in [2.24, 2.45) is 11.8 Å². The average molecular weight is 180 g/mol. The van der Waals surface area contributed by atoms with Crippen molar-refractivity contribution in [1.29, 1.82) is 0 Å². The Hall–Kier alpha value is -0.0800. The summed E-state index contributed by atoms with van der Waals surface area (Å²) >= 11 is 0. The highest BCUT2D eigenvalue weighted by atomic mass is 15.1. The summed E-state index contributed by atoms with van der Waals surface area (Å²) in [5.41, 5.74) is 0. The molecule has 0 radical (unpaired) electrons. The maximum atomic E-state index is 3.67. The molecule has 2 heteroatoms. The van der Waals surface area contributed by atoms with Crippen LogP contribution in [0.5, 0.6) is 0 Å². The summed E-state index contributed by atoms with van der Waals surface area (Å²) in [5.74, 6) is 2.13. The van der Waals surface area contributed by atoms with Crippen LogP contribution in [0.2, 0.25) is 0 Å². The maximum Gasteiger partial charge on any atom is 0.0224 e. The number of nitrogens with one attached hydrogen (secondary N) is 2. The van der Waals surface area contributed by atoms with Gasteiger partial charge in [0.1, 0.15) is 0 Å². The van der Waals surface area contributed by atoms with Crippen molar-refractivity contribution in [2.45, 2.75) is 44.2 Å². The van der Waals surface area contributed by atoms with Crippen LogP contribution in [0.4, 0.5) is 0 Å². The van der Waals surface area contributed by atoms with E-state index in [4.69, 9.17) is 0 Å². The van der Waals surface area contributed by atoms with Gasteiger partial charge in [0.2, 0.25) is 0 Å². The summed E-state index contributed by atoms with van der Waals surface area (Å²) in [6.45, 7) is 2.36. The zero-order chi connectivity index (χ0) is 8.67. The van der Waals surface area contributed by atoms with E-state index in [-0.39, 0.29) is 0 Å². The molecular formula is C11H20N2. The summed E-state index contributed by atoms with van der Waals surface area (Å²) in [7, 11) is 0. The molecule has 2 saturated carbocycles. The van der Waals surface area contributed by atoms with Gasteiger partial charge in [-0.05, 0) is 24.7 Å². The number of fused-ring (bicyclic) bond motifs is 2. The average Bonchev–Trinajstić information content (AvgIpc) is 2.61. The first-order chi connectivity index (χ1) is 6.43. The van der Waals surface area contributed by atoms with Gasteiger partial charge < -0.3 is 10.6 Å². The molecule has 74 valence electrons. The number of piperazine rings is 1. The van der Waals surface area contributed by atoms with Crippen LogP contribution in [0.25, 0.3) is 0 Å². The molecule has 0 spiro atoms. The van der Waals surface area contributed by atoms with Gasteiger partial charge in [-0.3, -0.25) is 0 Å². The molecule has 0 aromatic heterocycles. The van der Waals surface area contributed by atoms with E-state index in [1.165, 1.54) is 45.2 Å². The van der Waals surface area contributed by atoms with Gasteiger partial charge in [0.15, 0.2) is 0 Å². The van der Waals surface area contributed by atoms with Crippen LogP contribution in [0, 0.1) is 11.8 Å². The second kappa shape index (κ2) is 3.25. The molecule has 4 unspecified atom stereocenters. The van der Waals surface area contributed by atoms with E-state index in [0.29, 0.717) is 0 Å². The van der Waals surface area contributed by atoms with Crippen molar-refractivity contribution in [3.8, 4) is 0 Å². The van der Waals surface area contributed by atoms with E-state index in [1.54, 1.807) is 0 Å². The Morgan fingerprint density at radius 1 is 0.769 bits per heavy atom. The molecule has 2 N–H and O–H groups in total. The van der Waals surface area contributed by atoms with Gasteiger partial charge >= 0.3 is 0 Å². The molecule has 0 aromatic rings. The third-order valence-corrected chi connectivity index (χ3v) is 4.35. The lowest BCUT2D eigenvalue weighted by Crippen LogP contribution is -2.59. The smallest absolute Gasteiger partial charge is 0.0224 e. The fourth-order valence-electron chi connectivity index (χ4n) is 3.68. The highest BCUT2D eigenvalue weighted by molar-refractivity contribution is 4.97. The monoisotopic (exact) mass is 180 g/mol. The lowest BCUT2D eigenvalue weighted by molar-refractivity contribution is 0.158. The molecule has 3 fully saturated rings. The molecule has 0 bridgehead atoms. The minimum Gasteiger partial charge on any atom is -0.311 e. The molecule has 1 saturated heterocycles. The molecule has 13 heavy (non-hydrogen) atoms. The molecule has 1 aliphatic heterocycles. The van der Waals surface area contributed by atoms with E-state index >= 15 is 0 Å². The van der Waals surface area contributed by atoms with Crippen molar-refractivity contribution >= 4 is 0 Å². The standard InChI is InChI=1S/C11H20N2/c1-2-8-6-10-11(7-9(8)3-1)13-5-4-12-10/h8-13H,1-7H2. The minimum atomic E-state index is 0.799. The SMILES string of the molecule is C1CC2CC3NCCNC3CC2C1. The van der Waals surface area contributed by atoms with Crippen molar-refractivity contribution < 1.29 is 0 Å². The Morgan fingerprint density at radius 3 is 1.85 bits per heavy atom. The third kappa shape index (κ3) is 1.40. The van der Waals surface area contributed by atoms with Crippen molar-refractivity contribution in [3.05, 3.63) is 0 Å². The Bertz CT molecular complexity index is 173. The first-order valence-electron chi connectivity index (χ1n) is 5.90. The quantitative estimate of drug-likeness (QED) is 0.584. The van der Waals surface area contributed by atoms with Crippen LogP contribution in [0.15, 0.2) is 0 Å². The number of rotatable bonds is 0. The van der Waals surface area contributed by atoms with E-state index in [0.717, 1.165) is 23.9 Å². The topological polar surface area (TPSA) is 24.1 Å². The molecule has 3 rings (SSSR count). The molecule has 0 amide bonds. The Labute approximate surface area is 80.5 Å². The van der Waals surface area contributed by atoms with Gasteiger partial charge in [-0.25, -0.2) is 0 Å². The zero-order valence-electron chi connectivity index (χ0n) is 8.26. The number of hydrogen-bond acceptors (Lipinski definition) is 2. The first-order valence-corrected chi connectivity index (χ1v) is 5.90. The largest absolute Gasteiger partial charge is 0.311 e. The highest BCUT2D eigenvalue weighted by Gasteiger charge is 2.39. The van der Waals surface area contributed by atoms with Crippen LogP contribution < -0.4 is 10.6 Å². The number of hydrogen-bond donors (Lipinski definition) is 2. The van der Waals surface area contributed by atoms with Crippen molar-refractivity contribution in [2.75, 3.05) is 13.1 Å². The lowest BCUT2D eigenvalue weighted by Gasteiger charge is -2.42. The van der Waals surface area contributed by atoms with Crippen molar-refractivity contribution in [1.82, 2.24) is 10.6 Å². The van der Waals surface area contributed by atoms with Crippen molar-refractivity contribution in [3.63, 3.8) is 0 Å². The summed E-state index contributed by atoms with van der Waals surface area (Å²) in [6, 6.07) is 1.60. The molecule has 4 atom stereocenters. The van der Waals surface area contributed by atoms with Gasteiger partial charge in [-0.15, -0.1) is 0 Å². The van der Waals surface area contributed by atoms with Crippen LogP contribution in [-0.2, 0) is 0 Å². The minimum absolute atomic E-state index is 0.799. The predicted molar refractivity (Wildman–Crippen MR) is 53.6 cm³/mol. The van der Waals surface area contributed by atoms with Gasteiger partial charge in [-0.2, -0.15) is 0 Å². The Kier molecular flexibility index (Phi) is 2.06. The first kappa shape index (κ1) is 8.25. The second-order valence-electron chi connectivity index (χ2n) is 5.04. The third-order valence-electron chi connectivity index (χ3n) is 4.35. The van der Waals surface area contributed by atoms with Gasteiger partial charge in [0.05, 0.1) is 0 Å². The highest BCUT2D eigenvalue weighted by Crippen LogP contribution is 2.42. The zero-order valence-corrected chi connectivity index (χ0v) is 8.26. The van der Waals surface area contributed by atoms with Crippen LogP contribution in [-0.4, -0.2) is 25.2 Å². The van der Waals surface area contributed by atoms with E-state index in [9.17, 15) is 0 Å². The van der Waals surface area contributed by atoms with Crippen LogP contribution in [0.1, 0.15) is 32.1 Å². The summed E-state index contributed by atoms with van der Waals surface area (Å²) in [6.07, 6.45) is 7.41. The van der Waals surface area contributed by atoms with Gasteiger partial charge in [0.25, 0.3) is 0 Å². The summed E-state index contributed by atoms with van der Waals surface area (Å²) < 4.78 is 0. The fourth-order valence-corrected chi connectivity index (χ4v) is 3.68. The molecule has 2 nitrogen and oxygen atoms in total. The fraction of sp³-hybridized carbons (Fsp3) is 1.00. The second-order valence-corrected chi connectivity index (χ2v) is 5.04. The lowest BCUT2D eigenvalue weighted by atomic mass is 9.75. The van der Waals surface area contributed by atoms with Crippen LogP contribution in [0.3, 0.4) is 0 Å². The predicted octanol–water partition coefficient (Wildman–Crippen LogP) is 1.13. The normalized spacial score (nSPS) is 49.8. The molecule has 0 aromatic carbocycles. The van der Waals surface area contributed by atoms with Gasteiger partial charge in [0, 0.05) is 25.2 Å². The van der Waals surface area contributed by atoms with E-state index in [2.05, 4.69) is 10.6 Å². The van der Waals surface area contributed by atoms with Gasteiger partial charge in [-0.1, -0.05) is 19.3 Å². The summed E-state index contributed by atoms with van der Waals surface area (Å²) in [4.78, 5) is 0. The van der Waals surface area contributed by atoms with E-state index in [1.807, 2.05) is 0 Å². The summed E-state index contributed by atoms with van der Waals surface area (Å²) in [5, 5.41) is 7.34. The molecule has 2 aliphatic carbocycles. The maximum absolute atomic E-state index is 3.67. The van der Waals surface area contributed by atoms with E-state index < -0.39 is 0 Å². The molecule has 3 aliphatic rings. The Morgan fingerprint density at radius 2 is 1.31 bits per heavy atom. The molecule has 1 heterocycles. The Balaban J connectivity index is 1.71. The van der Waals surface area contributed by atoms with Crippen LogP contribution >= 0.6 is 0 Å². The molecular weight excluding hydrogens is 160 g/mol.